The first-order valence-electron chi connectivity index (χ1n) is 7.42. The maximum Gasteiger partial charge on any atom is 0.0483 e. The van der Waals surface area contributed by atoms with Crippen LogP contribution >= 0.6 is 0 Å². The summed E-state index contributed by atoms with van der Waals surface area (Å²) in [6, 6.07) is 7.58. The van der Waals surface area contributed by atoms with Crippen LogP contribution in [0.1, 0.15) is 30.4 Å². The van der Waals surface area contributed by atoms with Gasteiger partial charge in [-0.15, -0.1) is 0 Å². The molecule has 2 aliphatic rings. The van der Waals surface area contributed by atoms with Gasteiger partial charge in [-0.1, -0.05) is 19.1 Å². The van der Waals surface area contributed by atoms with E-state index in [-0.39, 0.29) is 0 Å². The van der Waals surface area contributed by atoms with Crippen LogP contribution in [0.3, 0.4) is 0 Å². The van der Waals surface area contributed by atoms with E-state index in [1.807, 2.05) is 0 Å². The number of benzene rings is 1. The monoisotopic (exact) mass is 254 g/mol. The second-order valence-electron chi connectivity index (χ2n) is 6.67. The van der Waals surface area contributed by atoms with Gasteiger partial charge in [-0.3, -0.25) is 0 Å². The van der Waals surface area contributed by atoms with Crippen LogP contribution in [-0.4, -0.2) is 29.1 Å². The summed E-state index contributed by atoms with van der Waals surface area (Å²) < 4.78 is 2.30. The number of aryl methyl sites for hydroxylation is 1. The second-order valence-corrected chi connectivity index (χ2v) is 6.67. The highest BCUT2D eigenvalue weighted by atomic mass is 15.1. The number of piperidine rings is 1. The number of rotatable bonds is 0. The summed E-state index contributed by atoms with van der Waals surface area (Å²) in [5.74, 6) is 1.54. The molecular weight excluding hydrogens is 232 g/mol. The van der Waals surface area contributed by atoms with Crippen LogP contribution in [0.4, 0.5) is 0 Å². The summed E-state index contributed by atoms with van der Waals surface area (Å²) in [5.41, 5.74) is 4.56. The van der Waals surface area contributed by atoms with Crippen LogP contribution in [0.25, 0.3) is 10.9 Å². The third-order valence-corrected chi connectivity index (χ3v) is 5.24. The largest absolute Gasteiger partial charge is 0.350 e. The van der Waals surface area contributed by atoms with Crippen LogP contribution in [-0.2, 0) is 13.5 Å². The normalized spacial score (nSPS) is 30.6. The van der Waals surface area contributed by atoms with E-state index in [1.54, 1.807) is 16.5 Å². The number of aromatic nitrogens is 1. The van der Waals surface area contributed by atoms with Crippen molar-refractivity contribution in [1.29, 1.82) is 0 Å². The van der Waals surface area contributed by atoms with Gasteiger partial charge in [0.25, 0.3) is 0 Å². The van der Waals surface area contributed by atoms with Gasteiger partial charge in [-0.25, -0.2) is 0 Å². The van der Waals surface area contributed by atoms with Crippen LogP contribution in [0.2, 0.25) is 0 Å². The summed E-state index contributed by atoms with van der Waals surface area (Å²) in [6.45, 7) is 3.65. The van der Waals surface area contributed by atoms with E-state index in [1.165, 1.54) is 24.9 Å². The average molecular weight is 254 g/mol. The molecule has 0 spiro atoms. The maximum absolute atomic E-state index is 2.59. The molecule has 1 aliphatic heterocycles. The predicted molar refractivity (Wildman–Crippen MR) is 79.6 cm³/mol. The Morgan fingerprint density at radius 1 is 1.21 bits per heavy atom. The fourth-order valence-corrected chi connectivity index (χ4v) is 4.49. The Morgan fingerprint density at radius 2 is 2.05 bits per heavy atom. The second kappa shape index (κ2) is 3.86. The summed E-state index contributed by atoms with van der Waals surface area (Å²) in [4.78, 5) is 2.59. The highest BCUT2D eigenvalue weighted by molar-refractivity contribution is 5.89. The van der Waals surface area contributed by atoms with Gasteiger partial charge in [0.2, 0.25) is 0 Å². The standard InChI is InChI=1S/C17H22N2/c1-11-7-14-13-5-4-6-15-17(13)12(10-19(15)3)8-16(14)18(2)9-11/h4-6,10-11,14,16H,7-9H2,1-3H3/t11-,14-,16-/m0/s1. The third kappa shape index (κ3) is 1.53. The molecule has 19 heavy (non-hydrogen) atoms. The van der Waals surface area contributed by atoms with Gasteiger partial charge in [-0.2, -0.15) is 0 Å². The lowest BCUT2D eigenvalue weighted by Gasteiger charge is -2.44. The molecule has 1 aromatic carbocycles. The predicted octanol–water partition coefficient (Wildman–Crippen LogP) is 3.16. The van der Waals surface area contributed by atoms with E-state index in [4.69, 9.17) is 0 Å². The van der Waals surface area contributed by atoms with Crippen LogP contribution < -0.4 is 0 Å². The number of likely N-dealkylation sites (tertiary alicyclic amines) is 1. The van der Waals surface area contributed by atoms with Crippen molar-refractivity contribution < 1.29 is 0 Å². The Labute approximate surface area is 115 Å². The van der Waals surface area contributed by atoms with Gasteiger partial charge < -0.3 is 9.47 Å². The molecule has 1 fully saturated rings. The molecule has 0 bridgehead atoms. The van der Waals surface area contributed by atoms with Crippen LogP contribution in [0.15, 0.2) is 24.4 Å². The molecule has 100 valence electrons. The van der Waals surface area contributed by atoms with Crippen molar-refractivity contribution in [1.82, 2.24) is 9.47 Å². The van der Waals surface area contributed by atoms with Crippen molar-refractivity contribution in [3.05, 3.63) is 35.5 Å². The molecule has 1 aliphatic carbocycles. The molecular formula is C17H22N2. The van der Waals surface area contributed by atoms with Crippen molar-refractivity contribution >= 4 is 10.9 Å². The summed E-state index contributed by atoms with van der Waals surface area (Å²) in [5, 5.41) is 1.55. The summed E-state index contributed by atoms with van der Waals surface area (Å²) in [7, 11) is 4.48. The van der Waals surface area contributed by atoms with Crippen LogP contribution in [0, 0.1) is 5.92 Å². The molecule has 2 heterocycles. The molecule has 2 nitrogen and oxygen atoms in total. The molecule has 0 unspecified atom stereocenters. The van der Waals surface area contributed by atoms with Gasteiger partial charge in [0.1, 0.15) is 0 Å². The number of nitrogens with zero attached hydrogens (tertiary/aromatic N) is 2. The lowest BCUT2D eigenvalue weighted by Crippen LogP contribution is -2.47. The summed E-state index contributed by atoms with van der Waals surface area (Å²) >= 11 is 0. The number of hydrogen-bond acceptors (Lipinski definition) is 1. The van der Waals surface area contributed by atoms with Crippen molar-refractivity contribution in [2.45, 2.75) is 31.7 Å². The highest BCUT2D eigenvalue weighted by Gasteiger charge is 2.38. The van der Waals surface area contributed by atoms with Gasteiger partial charge in [-0.05, 0) is 43.0 Å². The fourth-order valence-electron chi connectivity index (χ4n) is 4.49. The fraction of sp³-hybridized carbons (Fsp3) is 0.529. The number of hydrogen-bond donors (Lipinski definition) is 0. The first-order valence-corrected chi connectivity index (χ1v) is 7.42. The van der Waals surface area contributed by atoms with E-state index >= 15 is 0 Å². The van der Waals surface area contributed by atoms with Crippen molar-refractivity contribution in [2.24, 2.45) is 13.0 Å². The number of fused-ring (bicyclic) bond motifs is 2. The van der Waals surface area contributed by atoms with Crippen LogP contribution in [0.5, 0.6) is 0 Å². The number of likely N-dealkylation sites (N-methyl/N-ethyl adjacent to an activating group) is 1. The Hall–Kier alpha value is -1.28. The molecule has 2 aromatic rings. The lowest BCUT2D eigenvalue weighted by atomic mass is 9.73. The molecule has 0 amide bonds. The Kier molecular flexibility index (Phi) is 2.34. The lowest BCUT2D eigenvalue weighted by molar-refractivity contribution is 0.119. The SMILES string of the molecule is C[C@H]1C[C@H]2c3cccc4c3c(cn4C)C[C@@H]2N(C)C1. The molecule has 1 saturated heterocycles. The van der Waals surface area contributed by atoms with E-state index in [0.717, 1.165) is 11.8 Å². The van der Waals surface area contributed by atoms with Gasteiger partial charge in [0.15, 0.2) is 0 Å². The van der Waals surface area contributed by atoms with E-state index < -0.39 is 0 Å². The first-order chi connectivity index (χ1) is 9.15. The van der Waals surface area contributed by atoms with Gasteiger partial charge in [0.05, 0.1) is 0 Å². The zero-order valence-electron chi connectivity index (χ0n) is 12.1. The molecule has 0 saturated carbocycles. The van der Waals surface area contributed by atoms with E-state index in [9.17, 15) is 0 Å². The highest BCUT2D eigenvalue weighted by Crippen LogP contribution is 2.44. The molecule has 4 rings (SSSR count). The molecule has 0 radical (unpaired) electrons. The molecule has 1 aromatic heterocycles. The van der Waals surface area contributed by atoms with E-state index in [0.29, 0.717) is 6.04 Å². The van der Waals surface area contributed by atoms with Gasteiger partial charge in [0, 0.05) is 42.7 Å². The Bertz CT molecular complexity index is 640. The average Bonchev–Trinajstić information content (AvgIpc) is 2.70. The minimum absolute atomic E-state index is 0.705. The van der Waals surface area contributed by atoms with Gasteiger partial charge >= 0.3 is 0 Å². The summed E-state index contributed by atoms with van der Waals surface area (Å²) in [6.07, 6.45) is 4.92. The third-order valence-electron chi connectivity index (χ3n) is 5.24. The Balaban J connectivity index is 1.94. The maximum atomic E-state index is 2.59. The first kappa shape index (κ1) is 11.5. The van der Waals surface area contributed by atoms with Crippen molar-refractivity contribution in [3.63, 3.8) is 0 Å². The smallest absolute Gasteiger partial charge is 0.0483 e. The topological polar surface area (TPSA) is 8.17 Å². The van der Waals surface area contributed by atoms with Crippen molar-refractivity contribution in [2.75, 3.05) is 13.6 Å². The van der Waals surface area contributed by atoms with E-state index in [2.05, 4.69) is 54.9 Å². The molecule has 3 atom stereocenters. The molecule has 2 heteroatoms. The van der Waals surface area contributed by atoms with Crippen molar-refractivity contribution in [3.8, 4) is 0 Å². The zero-order valence-corrected chi connectivity index (χ0v) is 12.1. The zero-order chi connectivity index (χ0) is 13.1. The Morgan fingerprint density at radius 3 is 2.89 bits per heavy atom. The minimum Gasteiger partial charge on any atom is -0.350 e. The molecule has 0 N–H and O–H groups in total. The quantitative estimate of drug-likeness (QED) is 0.701. The minimum atomic E-state index is 0.705.